The van der Waals surface area contributed by atoms with E-state index in [1.807, 2.05) is 12.3 Å². The van der Waals surface area contributed by atoms with Gasteiger partial charge >= 0.3 is 0 Å². The molecule has 1 aromatic heterocycles. The molecule has 1 aromatic carbocycles. The summed E-state index contributed by atoms with van der Waals surface area (Å²) in [5.41, 5.74) is 3.20. The van der Waals surface area contributed by atoms with Gasteiger partial charge in [0.05, 0.1) is 0 Å². The molecule has 2 heterocycles. The van der Waals surface area contributed by atoms with E-state index in [1.54, 1.807) is 11.1 Å². The summed E-state index contributed by atoms with van der Waals surface area (Å²) in [6.45, 7) is 2.29. The summed E-state index contributed by atoms with van der Waals surface area (Å²) in [5, 5.41) is 0. The first-order valence-electron chi connectivity index (χ1n) is 7.65. The van der Waals surface area contributed by atoms with Crippen LogP contribution in [0.2, 0.25) is 0 Å². The predicted molar refractivity (Wildman–Crippen MR) is 82.1 cm³/mol. The molecule has 1 aliphatic heterocycles. The number of hydrogen-bond donors (Lipinski definition) is 0. The molecule has 4 rings (SSSR count). The maximum Gasteiger partial charge on any atom is 0.128 e. The van der Waals surface area contributed by atoms with E-state index >= 15 is 0 Å². The van der Waals surface area contributed by atoms with E-state index in [9.17, 15) is 0 Å². The van der Waals surface area contributed by atoms with E-state index in [4.69, 9.17) is 0 Å². The lowest BCUT2D eigenvalue weighted by molar-refractivity contribution is 0.318. The molecule has 2 atom stereocenters. The zero-order valence-corrected chi connectivity index (χ0v) is 11.7. The second kappa shape index (κ2) is 4.93. The van der Waals surface area contributed by atoms with Crippen LogP contribution in [0.1, 0.15) is 29.9 Å². The fourth-order valence-electron chi connectivity index (χ4n) is 3.95. The minimum absolute atomic E-state index is 0.764. The highest BCUT2D eigenvalue weighted by molar-refractivity contribution is 5.41. The molecule has 2 aliphatic rings. The lowest BCUT2D eigenvalue weighted by atomic mass is 9.71. The fourth-order valence-corrected chi connectivity index (χ4v) is 3.95. The summed E-state index contributed by atoms with van der Waals surface area (Å²) in [6, 6.07) is 15.3. The van der Waals surface area contributed by atoms with Crippen LogP contribution in [-0.4, -0.2) is 18.1 Å². The number of nitrogens with zero attached hydrogens (tertiary/aromatic N) is 2. The summed E-state index contributed by atoms with van der Waals surface area (Å²) in [6.07, 6.45) is 5.73. The Balaban J connectivity index is 1.58. The Labute approximate surface area is 120 Å². The summed E-state index contributed by atoms with van der Waals surface area (Å²) in [5.74, 6) is 2.70. The maximum atomic E-state index is 4.51. The number of benzene rings is 1. The van der Waals surface area contributed by atoms with Gasteiger partial charge in [-0.05, 0) is 54.4 Å². The van der Waals surface area contributed by atoms with E-state index < -0.39 is 0 Å². The number of aromatic nitrogens is 1. The third-order valence-electron chi connectivity index (χ3n) is 4.95. The first-order valence-corrected chi connectivity index (χ1v) is 7.65. The monoisotopic (exact) mass is 264 g/mol. The first kappa shape index (κ1) is 12.0. The highest BCUT2D eigenvalue weighted by Gasteiger charge is 2.34. The van der Waals surface area contributed by atoms with Crippen LogP contribution in [0.5, 0.6) is 0 Å². The molecule has 0 unspecified atom stereocenters. The molecule has 0 spiro atoms. The van der Waals surface area contributed by atoms with Gasteiger partial charge in [0.2, 0.25) is 0 Å². The molecule has 1 fully saturated rings. The highest BCUT2D eigenvalue weighted by Crippen LogP contribution is 2.41. The van der Waals surface area contributed by atoms with Crippen molar-refractivity contribution in [1.29, 1.82) is 0 Å². The van der Waals surface area contributed by atoms with Crippen LogP contribution in [0.25, 0.3) is 0 Å². The Bertz CT molecular complexity index is 593. The second-order valence-electron chi connectivity index (χ2n) is 6.03. The van der Waals surface area contributed by atoms with Crippen molar-refractivity contribution in [3.05, 3.63) is 59.8 Å². The van der Waals surface area contributed by atoms with Crippen molar-refractivity contribution in [1.82, 2.24) is 4.98 Å². The Morgan fingerprint density at radius 1 is 1.00 bits per heavy atom. The fraction of sp³-hybridized carbons (Fsp3) is 0.389. The van der Waals surface area contributed by atoms with Crippen LogP contribution in [-0.2, 0) is 6.42 Å². The Kier molecular flexibility index (Phi) is 2.95. The van der Waals surface area contributed by atoms with E-state index in [-0.39, 0.29) is 0 Å². The summed E-state index contributed by atoms with van der Waals surface area (Å²) < 4.78 is 0. The number of pyridine rings is 1. The summed E-state index contributed by atoms with van der Waals surface area (Å²) in [4.78, 5) is 6.98. The summed E-state index contributed by atoms with van der Waals surface area (Å²) in [7, 11) is 0. The molecule has 102 valence electrons. The van der Waals surface area contributed by atoms with Gasteiger partial charge in [-0.1, -0.05) is 30.3 Å². The van der Waals surface area contributed by atoms with Gasteiger partial charge in [-0.2, -0.15) is 0 Å². The Morgan fingerprint density at radius 2 is 1.90 bits per heavy atom. The van der Waals surface area contributed by atoms with Crippen molar-refractivity contribution in [2.45, 2.75) is 25.2 Å². The average molecular weight is 264 g/mol. The van der Waals surface area contributed by atoms with Crippen LogP contribution in [0, 0.1) is 5.92 Å². The van der Waals surface area contributed by atoms with Crippen LogP contribution in [0.4, 0.5) is 5.82 Å². The molecule has 2 nitrogen and oxygen atoms in total. The van der Waals surface area contributed by atoms with Crippen LogP contribution < -0.4 is 4.90 Å². The number of rotatable bonds is 1. The first-order chi connectivity index (χ1) is 9.92. The average Bonchev–Trinajstić information content (AvgIpc) is 2.55. The molecule has 2 heteroatoms. The molecule has 1 saturated heterocycles. The molecule has 0 N–H and O–H groups in total. The molecule has 0 bridgehead atoms. The number of piperidine rings is 1. The highest BCUT2D eigenvalue weighted by atomic mass is 15.2. The normalized spacial score (nSPS) is 24.9. The van der Waals surface area contributed by atoms with Crippen molar-refractivity contribution >= 4 is 5.82 Å². The molecule has 0 amide bonds. The minimum atomic E-state index is 0.764. The minimum Gasteiger partial charge on any atom is -0.356 e. The van der Waals surface area contributed by atoms with Gasteiger partial charge in [-0.15, -0.1) is 0 Å². The van der Waals surface area contributed by atoms with Gasteiger partial charge in [0.25, 0.3) is 0 Å². The van der Waals surface area contributed by atoms with Crippen LogP contribution >= 0.6 is 0 Å². The van der Waals surface area contributed by atoms with Gasteiger partial charge < -0.3 is 4.90 Å². The molecule has 20 heavy (non-hydrogen) atoms. The number of aryl methyl sites for hydroxylation is 1. The Hall–Kier alpha value is -1.83. The number of hydrogen-bond acceptors (Lipinski definition) is 2. The zero-order chi connectivity index (χ0) is 13.4. The van der Waals surface area contributed by atoms with Crippen molar-refractivity contribution in [2.24, 2.45) is 5.92 Å². The molecule has 2 aromatic rings. The SMILES string of the molecule is c1ccc(N2CC[C@H]3c4ccccc4CC[C@@H]3C2)nc1. The molecular formula is C18H20N2. The van der Waals surface area contributed by atoms with E-state index in [1.165, 1.54) is 19.3 Å². The number of anilines is 1. The lowest BCUT2D eigenvalue weighted by Gasteiger charge is -2.42. The predicted octanol–water partition coefficient (Wildman–Crippen LogP) is 3.64. The summed E-state index contributed by atoms with van der Waals surface area (Å²) >= 11 is 0. The number of fused-ring (bicyclic) bond motifs is 3. The van der Waals surface area contributed by atoms with Gasteiger partial charge in [-0.3, -0.25) is 0 Å². The molecule has 0 radical (unpaired) electrons. The topological polar surface area (TPSA) is 16.1 Å². The van der Waals surface area contributed by atoms with E-state index in [2.05, 4.69) is 46.3 Å². The Morgan fingerprint density at radius 3 is 2.80 bits per heavy atom. The standard InChI is InChI=1S/C18H20N2/c1-2-6-16-14(5-1)8-9-15-13-20(12-10-17(15)16)18-7-3-4-11-19-18/h1-7,11,15,17H,8-10,12-13H2/t15-,17-/m1/s1. The van der Waals surface area contributed by atoms with Gasteiger partial charge in [-0.25, -0.2) is 4.98 Å². The quantitative estimate of drug-likeness (QED) is 0.781. The second-order valence-corrected chi connectivity index (χ2v) is 6.03. The van der Waals surface area contributed by atoms with Gasteiger partial charge in [0.1, 0.15) is 5.82 Å². The van der Waals surface area contributed by atoms with Crippen molar-refractivity contribution in [2.75, 3.05) is 18.0 Å². The van der Waals surface area contributed by atoms with Gasteiger partial charge in [0, 0.05) is 19.3 Å². The molecule has 1 aliphatic carbocycles. The van der Waals surface area contributed by atoms with Crippen LogP contribution in [0.3, 0.4) is 0 Å². The van der Waals surface area contributed by atoms with E-state index in [0.717, 1.165) is 30.7 Å². The lowest BCUT2D eigenvalue weighted by Crippen LogP contribution is -2.41. The smallest absolute Gasteiger partial charge is 0.128 e. The third kappa shape index (κ3) is 2.00. The van der Waals surface area contributed by atoms with Gasteiger partial charge in [0.15, 0.2) is 0 Å². The molecular weight excluding hydrogens is 244 g/mol. The maximum absolute atomic E-state index is 4.51. The van der Waals surface area contributed by atoms with Crippen molar-refractivity contribution < 1.29 is 0 Å². The molecule has 0 saturated carbocycles. The van der Waals surface area contributed by atoms with Crippen molar-refractivity contribution in [3.8, 4) is 0 Å². The van der Waals surface area contributed by atoms with E-state index in [0.29, 0.717) is 0 Å². The third-order valence-corrected chi connectivity index (χ3v) is 4.95. The van der Waals surface area contributed by atoms with Crippen LogP contribution in [0.15, 0.2) is 48.7 Å². The van der Waals surface area contributed by atoms with Crippen molar-refractivity contribution in [3.63, 3.8) is 0 Å². The largest absolute Gasteiger partial charge is 0.356 e. The zero-order valence-electron chi connectivity index (χ0n) is 11.7.